The van der Waals surface area contributed by atoms with Gasteiger partial charge in [-0.05, 0) is 18.2 Å². The SMILES string of the molecule is CCC(=O)N1N=C(c2c(O)n(C)c(=O)[nH]c2=O)C[C@@H]1c1cc(OC)ccc1OC. The van der Waals surface area contributed by atoms with Crippen molar-refractivity contribution in [3.05, 3.63) is 50.2 Å². The standard InChI is InChI=1S/C19H22N4O6/c1-5-15(24)23-13(11-8-10(28-3)6-7-14(11)29-4)9-12(21-23)16-17(25)20-19(27)22(2)18(16)26/h6-8,13,26H,5,9H2,1-4H3,(H,20,25,27)/t13-/m1/s1. The number of methoxy groups -OCH3 is 2. The summed E-state index contributed by atoms with van der Waals surface area (Å²) in [4.78, 5) is 38.8. The van der Waals surface area contributed by atoms with Crippen molar-refractivity contribution in [1.82, 2.24) is 14.6 Å². The quantitative estimate of drug-likeness (QED) is 0.765. The van der Waals surface area contributed by atoms with Gasteiger partial charge < -0.3 is 14.6 Å². The van der Waals surface area contributed by atoms with E-state index >= 15 is 0 Å². The Morgan fingerprint density at radius 1 is 1.31 bits per heavy atom. The number of aromatic amines is 1. The highest BCUT2D eigenvalue weighted by Gasteiger charge is 2.36. The summed E-state index contributed by atoms with van der Waals surface area (Å²) < 4.78 is 11.6. The summed E-state index contributed by atoms with van der Waals surface area (Å²) in [6.45, 7) is 1.70. The van der Waals surface area contributed by atoms with Crippen LogP contribution in [-0.2, 0) is 11.8 Å². The van der Waals surface area contributed by atoms with Gasteiger partial charge in [0.15, 0.2) is 0 Å². The lowest BCUT2D eigenvalue weighted by molar-refractivity contribution is -0.132. The largest absolute Gasteiger partial charge is 0.497 e. The lowest BCUT2D eigenvalue weighted by atomic mass is 9.98. The maximum Gasteiger partial charge on any atom is 0.330 e. The number of hydrazone groups is 1. The second kappa shape index (κ2) is 7.82. The Balaban J connectivity index is 2.15. The van der Waals surface area contributed by atoms with Crippen LogP contribution in [0.4, 0.5) is 0 Å². The molecule has 0 spiro atoms. The van der Waals surface area contributed by atoms with Crippen LogP contribution in [0.5, 0.6) is 17.4 Å². The maximum absolute atomic E-state index is 12.6. The van der Waals surface area contributed by atoms with E-state index in [1.807, 2.05) is 0 Å². The monoisotopic (exact) mass is 402 g/mol. The third-order valence-electron chi connectivity index (χ3n) is 4.85. The zero-order valence-electron chi connectivity index (χ0n) is 16.6. The van der Waals surface area contributed by atoms with Crippen molar-refractivity contribution in [2.75, 3.05) is 14.2 Å². The molecule has 0 aliphatic carbocycles. The van der Waals surface area contributed by atoms with Crippen LogP contribution in [0.3, 0.4) is 0 Å². The minimum atomic E-state index is -0.772. The van der Waals surface area contributed by atoms with Crippen molar-refractivity contribution in [2.24, 2.45) is 12.1 Å². The topological polar surface area (TPSA) is 126 Å². The van der Waals surface area contributed by atoms with E-state index in [0.29, 0.717) is 17.1 Å². The smallest absolute Gasteiger partial charge is 0.330 e. The second-order valence-electron chi connectivity index (χ2n) is 6.48. The number of ether oxygens (including phenoxy) is 2. The van der Waals surface area contributed by atoms with Gasteiger partial charge in [0.05, 0.1) is 26.0 Å². The number of benzene rings is 1. The van der Waals surface area contributed by atoms with Crippen LogP contribution in [-0.4, -0.2) is 45.5 Å². The molecule has 10 heteroatoms. The van der Waals surface area contributed by atoms with Gasteiger partial charge in [-0.15, -0.1) is 0 Å². The number of carbonyl (C=O) groups excluding carboxylic acids is 1. The van der Waals surface area contributed by atoms with E-state index in [-0.39, 0.29) is 30.0 Å². The first-order chi connectivity index (χ1) is 13.8. The van der Waals surface area contributed by atoms with Crippen molar-refractivity contribution >= 4 is 11.6 Å². The van der Waals surface area contributed by atoms with E-state index in [4.69, 9.17) is 9.47 Å². The van der Waals surface area contributed by atoms with Gasteiger partial charge in [-0.1, -0.05) is 6.92 Å². The molecule has 0 radical (unpaired) electrons. The fourth-order valence-corrected chi connectivity index (χ4v) is 3.26. The summed E-state index contributed by atoms with van der Waals surface area (Å²) in [6, 6.07) is 4.62. The summed E-state index contributed by atoms with van der Waals surface area (Å²) in [5, 5.41) is 15.9. The number of nitrogens with one attached hydrogen (secondary N) is 1. The molecule has 2 heterocycles. The van der Waals surface area contributed by atoms with E-state index in [9.17, 15) is 19.5 Å². The first-order valence-corrected chi connectivity index (χ1v) is 8.96. The number of hydrogen-bond acceptors (Lipinski definition) is 7. The van der Waals surface area contributed by atoms with Gasteiger partial charge in [0.1, 0.15) is 17.1 Å². The number of aromatic hydroxyl groups is 1. The minimum absolute atomic E-state index is 0.143. The first kappa shape index (κ1) is 20.2. The molecule has 1 amide bonds. The molecule has 154 valence electrons. The third-order valence-corrected chi connectivity index (χ3v) is 4.85. The van der Waals surface area contributed by atoms with Gasteiger partial charge >= 0.3 is 5.69 Å². The Bertz CT molecular complexity index is 1100. The fraction of sp³-hybridized carbons (Fsp3) is 0.368. The molecular formula is C19H22N4O6. The molecule has 29 heavy (non-hydrogen) atoms. The molecule has 2 aromatic rings. The third kappa shape index (κ3) is 3.48. The van der Waals surface area contributed by atoms with Crippen LogP contribution >= 0.6 is 0 Å². The average Bonchev–Trinajstić information content (AvgIpc) is 3.15. The summed E-state index contributed by atoms with van der Waals surface area (Å²) in [5.41, 5.74) is -0.830. The Morgan fingerprint density at radius 3 is 2.66 bits per heavy atom. The molecule has 0 fully saturated rings. The minimum Gasteiger partial charge on any atom is -0.497 e. The van der Waals surface area contributed by atoms with E-state index in [0.717, 1.165) is 4.57 Å². The lowest BCUT2D eigenvalue weighted by Crippen LogP contribution is -2.32. The van der Waals surface area contributed by atoms with E-state index in [1.54, 1.807) is 25.1 Å². The number of carbonyl (C=O) groups is 1. The molecule has 1 aromatic heterocycles. The number of H-pyrrole nitrogens is 1. The predicted molar refractivity (Wildman–Crippen MR) is 105 cm³/mol. The predicted octanol–water partition coefficient (Wildman–Crippen LogP) is 0.884. The molecule has 1 aliphatic heterocycles. The Kier molecular flexibility index (Phi) is 5.44. The van der Waals surface area contributed by atoms with Crippen LogP contribution in [0.15, 0.2) is 32.9 Å². The number of nitrogens with zero attached hydrogens (tertiary/aromatic N) is 3. The van der Waals surface area contributed by atoms with Gasteiger partial charge in [0, 0.05) is 25.5 Å². The van der Waals surface area contributed by atoms with Crippen LogP contribution < -0.4 is 20.7 Å². The van der Waals surface area contributed by atoms with Crippen LogP contribution in [0.25, 0.3) is 0 Å². The van der Waals surface area contributed by atoms with Crippen molar-refractivity contribution in [3.63, 3.8) is 0 Å². The van der Waals surface area contributed by atoms with Gasteiger partial charge in [-0.2, -0.15) is 5.10 Å². The Morgan fingerprint density at radius 2 is 2.03 bits per heavy atom. The zero-order valence-corrected chi connectivity index (χ0v) is 16.6. The number of hydrogen-bond donors (Lipinski definition) is 2. The van der Waals surface area contributed by atoms with Crippen molar-refractivity contribution in [2.45, 2.75) is 25.8 Å². The van der Waals surface area contributed by atoms with Gasteiger partial charge in [0.2, 0.25) is 11.8 Å². The second-order valence-corrected chi connectivity index (χ2v) is 6.48. The highest BCUT2D eigenvalue weighted by molar-refractivity contribution is 6.04. The molecule has 0 saturated carbocycles. The highest BCUT2D eigenvalue weighted by Crippen LogP contribution is 2.39. The van der Waals surface area contributed by atoms with Crippen molar-refractivity contribution in [3.8, 4) is 17.4 Å². The molecule has 10 nitrogen and oxygen atoms in total. The van der Waals surface area contributed by atoms with Gasteiger partial charge in [-0.3, -0.25) is 19.1 Å². The molecule has 0 saturated heterocycles. The Labute approximate surface area is 166 Å². The highest BCUT2D eigenvalue weighted by atomic mass is 16.5. The number of rotatable bonds is 5. The normalized spacial score (nSPS) is 15.9. The molecule has 1 atom stereocenters. The number of aromatic nitrogens is 2. The number of amides is 1. The molecule has 0 bridgehead atoms. The molecular weight excluding hydrogens is 380 g/mol. The van der Waals surface area contributed by atoms with E-state index in [1.165, 1.54) is 26.3 Å². The molecule has 1 aromatic carbocycles. The van der Waals surface area contributed by atoms with Crippen molar-refractivity contribution in [1.29, 1.82) is 0 Å². The Hall–Kier alpha value is -3.56. The average molecular weight is 402 g/mol. The van der Waals surface area contributed by atoms with Crippen LogP contribution in [0.2, 0.25) is 0 Å². The summed E-state index contributed by atoms with van der Waals surface area (Å²) in [6.07, 6.45) is 0.333. The lowest BCUT2D eigenvalue weighted by Gasteiger charge is -2.23. The zero-order chi connectivity index (χ0) is 21.3. The maximum atomic E-state index is 12.6. The summed E-state index contributed by atoms with van der Waals surface area (Å²) in [7, 11) is 4.36. The van der Waals surface area contributed by atoms with Crippen molar-refractivity contribution < 1.29 is 19.4 Å². The summed E-state index contributed by atoms with van der Waals surface area (Å²) >= 11 is 0. The molecule has 1 aliphatic rings. The molecule has 0 unspecified atom stereocenters. The molecule has 3 rings (SSSR count). The van der Waals surface area contributed by atoms with Crippen LogP contribution in [0.1, 0.15) is 36.9 Å². The van der Waals surface area contributed by atoms with Crippen LogP contribution in [0, 0.1) is 0 Å². The van der Waals surface area contributed by atoms with Gasteiger partial charge in [0.25, 0.3) is 5.56 Å². The molecule has 2 N–H and O–H groups in total. The summed E-state index contributed by atoms with van der Waals surface area (Å²) in [5.74, 6) is 0.316. The van der Waals surface area contributed by atoms with Gasteiger partial charge in [-0.25, -0.2) is 9.80 Å². The van der Waals surface area contributed by atoms with E-state index in [2.05, 4.69) is 10.1 Å². The fourth-order valence-electron chi connectivity index (χ4n) is 3.26. The first-order valence-electron chi connectivity index (χ1n) is 8.96. The van der Waals surface area contributed by atoms with E-state index < -0.39 is 23.2 Å².